The number of carbonyl (C=O) groups is 2. The molecule has 0 spiro atoms. The number of piperidine rings is 1. The number of aromatic nitrogens is 2. The van der Waals surface area contributed by atoms with Gasteiger partial charge in [0.1, 0.15) is 10.7 Å². The van der Waals surface area contributed by atoms with Gasteiger partial charge in [0.2, 0.25) is 5.95 Å². The maximum absolute atomic E-state index is 13.8. The van der Waals surface area contributed by atoms with E-state index in [0.29, 0.717) is 64.6 Å². The first kappa shape index (κ1) is 24.0. The largest absolute Gasteiger partial charge is 0.480 e. The fourth-order valence-electron chi connectivity index (χ4n) is 5.03. The summed E-state index contributed by atoms with van der Waals surface area (Å²) in [4.78, 5) is 47.0. The number of thiophene rings is 1. The van der Waals surface area contributed by atoms with Crippen LogP contribution in [0.3, 0.4) is 0 Å². The van der Waals surface area contributed by atoms with Crippen LogP contribution in [0, 0.1) is 11.3 Å². The van der Waals surface area contributed by atoms with Crippen molar-refractivity contribution in [3.63, 3.8) is 0 Å². The van der Waals surface area contributed by atoms with Crippen LogP contribution in [0.5, 0.6) is 0 Å². The summed E-state index contributed by atoms with van der Waals surface area (Å²) in [7, 11) is 0. The molecule has 10 nitrogen and oxygen atoms in total. The molecule has 0 saturated carbocycles. The highest BCUT2D eigenvalue weighted by Gasteiger charge is 2.35. The van der Waals surface area contributed by atoms with Crippen LogP contribution in [0.2, 0.25) is 0 Å². The molecular weight excluding hydrogens is 480 g/mol. The summed E-state index contributed by atoms with van der Waals surface area (Å²) in [6.07, 6.45) is 2.78. The fourth-order valence-corrected chi connectivity index (χ4v) is 6.03. The molecule has 2 fully saturated rings. The molecule has 1 aromatic carbocycles. The first-order valence-electron chi connectivity index (χ1n) is 11.9. The van der Waals surface area contributed by atoms with Gasteiger partial charge in [-0.3, -0.25) is 14.2 Å². The second-order valence-corrected chi connectivity index (χ2v) is 10.3. The standard InChI is InChI=1S/C25H26N6O4S/c26-12-15-5-1-2-6-16(15)13-31-23(33)21-18(28-25(31)29-9-3-7-17(27)14-29)11-20(36-21)22(32)30-10-4-8-19(30)24(34)35/h1-2,5-6,11,17,19H,3-4,7-10,13-14,27H2,(H,34,35). The van der Waals surface area contributed by atoms with Gasteiger partial charge in [0, 0.05) is 25.7 Å². The lowest BCUT2D eigenvalue weighted by Crippen LogP contribution is -2.45. The number of fused-ring (bicyclic) bond motifs is 1. The van der Waals surface area contributed by atoms with Crippen molar-refractivity contribution < 1.29 is 14.7 Å². The third-order valence-corrected chi connectivity index (χ3v) is 7.93. The SMILES string of the molecule is N#Cc1ccccc1Cn1c(N2CCCC(N)C2)nc2cc(C(=O)N3CCCC3C(=O)O)sc2c1=O. The van der Waals surface area contributed by atoms with Crippen molar-refractivity contribution >= 4 is 39.4 Å². The number of likely N-dealkylation sites (tertiary alicyclic amines) is 1. The summed E-state index contributed by atoms with van der Waals surface area (Å²) in [6.45, 7) is 1.75. The number of nitrogens with zero attached hydrogens (tertiary/aromatic N) is 5. The van der Waals surface area contributed by atoms with Crippen LogP contribution in [-0.2, 0) is 11.3 Å². The van der Waals surface area contributed by atoms with Crippen LogP contribution >= 0.6 is 11.3 Å². The normalized spacial score (nSPS) is 20.0. The second-order valence-electron chi connectivity index (χ2n) is 9.24. The lowest BCUT2D eigenvalue weighted by molar-refractivity contribution is -0.141. The number of hydrogen-bond acceptors (Lipinski definition) is 8. The third kappa shape index (κ3) is 4.34. The maximum atomic E-state index is 13.8. The maximum Gasteiger partial charge on any atom is 0.326 e. The minimum atomic E-state index is -1.03. The molecule has 2 atom stereocenters. The summed E-state index contributed by atoms with van der Waals surface area (Å²) in [5.74, 6) is -0.968. The van der Waals surface area contributed by atoms with Crippen molar-refractivity contribution in [2.75, 3.05) is 24.5 Å². The van der Waals surface area contributed by atoms with E-state index in [1.165, 1.54) is 4.90 Å². The van der Waals surface area contributed by atoms with Gasteiger partial charge in [-0.25, -0.2) is 9.78 Å². The van der Waals surface area contributed by atoms with E-state index in [1.54, 1.807) is 22.8 Å². The molecule has 3 aromatic rings. The van der Waals surface area contributed by atoms with E-state index in [9.17, 15) is 24.8 Å². The zero-order valence-electron chi connectivity index (χ0n) is 19.6. The molecule has 2 aromatic heterocycles. The number of hydrogen-bond donors (Lipinski definition) is 2. The van der Waals surface area contributed by atoms with Crippen molar-refractivity contribution in [3.8, 4) is 6.07 Å². The lowest BCUT2D eigenvalue weighted by atomic mass is 10.1. The summed E-state index contributed by atoms with van der Waals surface area (Å²) in [6, 6.07) is 9.97. The van der Waals surface area contributed by atoms with E-state index >= 15 is 0 Å². The third-order valence-electron chi connectivity index (χ3n) is 6.83. The Hall–Kier alpha value is -3.75. The number of nitriles is 1. The molecule has 11 heteroatoms. The number of carboxylic acid groups (broad SMARTS) is 1. The van der Waals surface area contributed by atoms with Crippen molar-refractivity contribution in [1.82, 2.24) is 14.5 Å². The first-order valence-corrected chi connectivity index (χ1v) is 12.8. The Morgan fingerprint density at radius 1 is 1.22 bits per heavy atom. The van der Waals surface area contributed by atoms with E-state index < -0.39 is 17.9 Å². The summed E-state index contributed by atoms with van der Waals surface area (Å²) >= 11 is 1.03. The van der Waals surface area contributed by atoms with Gasteiger partial charge in [-0.2, -0.15) is 5.26 Å². The minimum absolute atomic E-state index is 0.0473. The molecule has 2 aliphatic rings. The topological polar surface area (TPSA) is 146 Å². The van der Waals surface area contributed by atoms with E-state index in [2.05, 4.69) is 6.07 Å². The molecule has 0 aliphatic carbocycles. The molecule has 1 amide bonds. The van der Waals surface area contributed by atoms with Crippen molar-refractivity contribution in [2.45, 2.75) is 44.3 Å². The number of aliphatic carboxylic acids is 1. The molecule has 2 saturated heterocycles. The Kier molecular flexibility index (Phi) is 6.47. The number of benzene rings is 1. The number of rotatable bonds is 5. The van der Waals surface area contributed by atoms with E-state index in [1.807, 2.05) is 17.0 Å². The molecule has 4 heterocycles. The highest BCUT2D eigenvalue weighted by atomic mass is 32.1. The molecule has 186 valence electrons. The van der Waals surface area contributed by atoms with E-state index in [0.717, 1.165) is 24.2 Å². The minimum Gasteiger partial charge on any atom is -0.480 e. The van der Waals surface area contributed by atoms with E-state index in [4.69, 9.17) is 10.7 Å². The fraction of sp³-hybridized carbons (Fsp3) is 0.400. The number of carbonyl (C=O) groups excluding carboxylic acids is 1. The van der Waals surface area contributed by atoms with Gasteiger partial charge >= 0.3 is 5.97 Å². The van der Waals surface area contributed by atoms with Crippen LogP contribution in [0.25, 0.3) is 10.2 Å². The number of anilines is 1. The average molecular weight is 507 g/mol. The highest BCUT2D eigenvalue weighted by molar-refractivity contribution is 7.20. The van der Waals surface area contributed by atoms with Gasteiger partial charge in [0.15, 0.2) is 0 Å². The Bertz CT molecular complexity index is 1440. The van der Waals surface area contributed by atoms with Gasteiger partial charge in [-0.05, 0) is 43.4 Å². The van der Waals surface area contributed by atoms with Crippen LogP contribution in [0.15, 0.2) is 35.1 Å². The van der Waals surface area contributed by atoms with Gasteiger partial charge in [0.05, 0.1) is 28.6 Å². The summed E-state index contributed by atoms with van der Waals surface area (Å²) in [5.41, 5.74) is 7.48. The predicted molar refractivity (Wildman–Crippen MR) is 135 cm³/mol. The van der Waals surface area contributed by atoms with Crippen LogP contribution in [-0.4, -0.2) is 63.2 Å². The molecule has 0 radical (unpaired) electrons. The molecule has 3 N–H and O–H groups in total. The van der Waals surface area contributed by atoms with Crippen LogP contribution < -0.4 is 16.2 Å². The lowest BCUT2D eigenvalue weighted by Gasteiger charge is -2.33. The van der Waals surface area contributed by atoms with Gasteiger partial charge < -0.3 is 20.6 Å². The van der Waals surface area contributed by atoms with Crippen molar-refractivity contribution in [3.05, 3.63) is 56.7 Å². The molecule has 2 aliphatic heterocycles. The molecule has 0 bridgehead atoms. The van der Waals surface area contributed by atoms with Gasteiger partial charge in [-0.15, -0.1) is 11.3 Å². The van der Waals surface area contributed by atoms with Crippen LogP contribution in [0.4, 0.5) is 5.95 Å². The Morgan fingerprint density at radius 2 is 2.00 bits per heavy atom. The predicted octanol–water partition coefficient (Wildman–Crippen LogP) is 1.99. The Balaban J connectivity index is 1.61. The number of carboxylic acids is 1. The van der Waals surface area contributed by atoms with Gasteiger partial charge in [-0.1, -0.05) is 18.2 Å². The number of amides is 1. The highest BCUT2D eigenvalue weighted by Crippen LogP contribution is 2.29. The molecule has 5 rings (SSSR count). The van der Waals surface area contributed by atoms with E-state index in [-0.39, 0.29) is 18.1 Å². The molecular formula is C25H26N6O4S. The summed E-state index contributed by atoms with van der Waals surface area (Å²) in [5, 5.41) is 19.0. The Labute approximate surface area is 211 Å². The first-order chi connectivity index (χ1) is 17.4. The van der Waals surface area contributed by atoms with Crippen LogP contribution in [0.1, 0.15) is 46.5 Å². The zero-order valence-corrected chi connectivity index (χ0v) is 20.4. The van der Waals surface area contributed by atoms with Crippen molar-refractivity contribution in [1.29, 1.82) is 5.26 Å². The second kappa shape index (κ2) is 9.72. The zero-order chi connectivity index (χ0) is 25.4. The number of nitrogens with two attached hydrogens (primary N) is 1. The monoisotopic (exact) mass is 506 g/mol. The summed E-state index contributed by atoms with van der Waals surface area (Å²) < 4.78 is 1.88. The average Bonchev–Trinajstić information content (AvgIpc) is 3.53. The molecule has 2 unspecified atom stereocenters. The smallest absolute Gasteiger partial charge is 0.326 e. The Morgan fingerprint density at radius 3 is 2.75 bits per heavy atom. The van der Waals surface area contributed by atoms with Crippen molar-refractivity contribution in [2.24, 2.45) is 5.73 Å². The van der Waals surface area contributed by atoms with Gasteiger partial charge in [0.25, 0.3) is 11.5 Å². The molecule has 36 heavy (non-hydrogen) atoms. The quantitative estimate of drug-likeness (QED) is 0.534.